The minimum atomic E-state index is -0.944. The van der Waals surface area contributed by atoms with Crippen molar-refractivity contribution in [3.63, 3.8) is 0 Å². The van der Waals surface area contributed by atoms with Crippen molar-refractivity contribution in [2.45, 2.75) is 6.42 Å². The van der Waals surface area contributed by atoms with Crippen LogP contribution in [0.4, 0.5) is 5.82 Å². The first-order valence-electron chi connectivity index (χ1n) is 3.08. The van der Waals surface area contributed by atoms with Crippen LogP contribution in [0, 0.1) is 0 Å². The van der Waals surface area contributed by atoms with Gasteiger partial charge in [-0.1, -0.05) is 0 Å². The molecule has 0 saturated heterocycles. The number of rotatable bonds is 2. The minimum absolute atomic E-state index is 0.148. The Morgan fingerprint density at radius 1 is 1.67 bits per heavy atom. The summed E-state index contributed by atoms with van der Waals surface area (Å²) in [5, 5.41) is 8.43. The highest BCUT2D eigenvalue weighted by Gasteiger charge is 2.04. The third kappa shape index (κ3) is 2.46. The molecule has 0 aliphatic carbocycles. The summed E-state index contributed by atoms with van der Waals surface area (Å²) in [5.74, 6) is -0.687. The highest BCUT2D eigenvalue weighted by molar-refractivity contribution is 9.10. The first-order chi connectivity index (χ1) is 5.58. The smallest absolute Gasteiger partial charge is 0.309 e. The molecule has 64 valence electrons. The largest absolute Gasteiger partial charge is 0.481 e. The highest BCUT2D eigenvalue weighted by Crippen LogP contribution is 2.08. The van der Waals surface area contributed by atoms with Gasteiger partial charge >= 0.3 is 5.97 Å². The summed E-state index contributed by atoms with van der Waals surface area (Å²) < 4.78 is 0.304. The van der Waals surface area contributed by atoms with Gasteiger partial charge in [0.2, 0.25) is 0 Å². The van der Waals surface area contributed by atoms with Gasteiger partial charge in [-0.25, -0.2) is 9.97 Å². The lowest BCUT2D eigenvalue weighted by Crippen LogP contribution is -2.04. The van der Waals surface area contributed by atoms with Gasteiger partial charge in [0.1, 0.15) is 5.82 Å². The summed E-state index contributed by atoms with van der Waals surface area (Å²) in [6.07, 6.45) is -0.148. The van der Waals surface area contributed by atoms with Crippen molar-refractivity contribution in [3.05, 3.63) is 16.5 Å². The number of halogens is 1. The van der Waals surface area contributed by atoms with Crippen LogP contribution in [0.5, 0.6) is 0 Å². The summed E-state index contributed by atoms with van der Waals surface area (Å²) >= 11 is 3.01. The molecule has 0 unspecified atom stereocenters. The van der Waals surface area contributed by atoms with Gasteiger partial charge < -0.3 is 10.8 Å². The van der Waals surface area contributed by atoms with Crippen LogP contribution >= 0.6 is 15.9 Å². The zero-order chi connectivity index (χ0) is 9.14. The number of aliphatic carboxylic acids is 1. The van der Waals surface area contributed by atoms with Crippen molar-refractivity contribution in [3.8, 4) is 0 Å². The summed E-state index contributed by atoms with van der Waals surface area (Å²) in [6.45, 7) is 0. The number of carboxylic acids is 1. The zero-order valence-corrected chi connectivity index (χ0v) is 7.58. The average molecular weight is 232 g/mol. The molecule has 0 radical (unpaired) electrons. The Balaban J connectivity index is 2.93. The number of nitrogen functional groups attached to an aromatic ring is 1. The van der Waals surface area contributed by atoms with Crippen LogP contribution in [0.25, 0.3) is 0 Å². The van der Waals surface area contributed by atoms with Crippen LogP contribution in [0.1, 0.15) is 5.69 Å². The van der Waals surface area contributed by atoms with Crippen molar-refractivity contribution in [2.24, 2.45) is 0 Å². The quantitative estimate of drug-likeness (QED) is 0.722. The van der Waals surface area contributed by atoms with Gasteiger partial charge in [-0.15, -0.1) is 0 Å². The molecular formula is C6H6BrN3O2. The van der Waals surface area contributed by atoms with Gasteiger partial charge in [0.25, 0.3) is 0 Å². The Kier molecular flexibility index (Phi) is 2.59. The van der Waals surface area contributed by atoms with Gasteiger partial charge in [-0.3, -0.25) is 4.79 Å². The number of nitrogens with two attached hydrogens (primary N) is 1. The summed E-state index contributed by atoms with van der Waals surface area (Å²) in [4.78, 5) is 17.8. The van der Waals surface area contributed by atoms with Gasteiger partial charge in [0, 0.05) is 6.07 Å². The Bertz CT molecular complexity index is 295. The van der Waals surface area contributed by atoms with E-state index in [0.29, 0.717) is 10.4 Å². The fraction of sp³-hybridized carbons (Fsp3) is 0.167. The Labute approximate surface area is 76.8 Å². The molecule has 5 nitrogen and oxygen atoms in total. The van der Waals surface area contributed by atoms with E-state index in [4.69, 9.17) is 10.8 Å². The lowest BCUT2D eigenvalue weighted by Gasteiger charge is -1.98. The standard InChI is InChI=1S/C6H6BrN3O2/c7-6-9-3(2-5(11)12)1-4(8)10-6/h1H,2H2,(H,11,12)(H2,8,9,10). The molecule has 0 amide bonds. The molecule has 1 rings (SSSR count). The van der Waals surface area contributed by atoms with E-state index in [1.54, 1.807) is 0 Å². The Morgan fingerprint density at radius 2 is 2.33 bits per heavy atom. The summed E-state index contributed by atoms with van der Waals surface area (Å²) in [7, 11) is 0. The van der Waals surface area contributed by atoms with Crippen LogP contribution in [0.2, 0.25) is 0 Å². The number of aromatic nitrogens is 2. The fourth-order valence-electron chi connectivity index (χ4n) is 0.731. The summed E-state index contributed by atoms with van der Waals surface area (Å²) in [5.41, 5.74) is 5.75. The third-order valence-corrected chi connectivity index (χ3v) is 1.46. The molecule has 0 fully saturated rings. The molecule has 0 aromatic carbocycles. The lowest BCUT2D eigenvalue weighted by molar-refractivity contribution is -0.136. The molecule has 0 spiro atoms. The van der Waals surface area contributed by atoms with E-state index in [1.807, 2.05) is 0 Å². The number of hydrogen-bond donors (Lipinski definition) is 2. The third-order valence-electron chi connectivity index (χ3n) is 1.10. The molecule has 0 aliphatic heterocycles. The molecule has 3 N–H and O–H groups in total. The van der Waals surface area contributed by atoms with Crippen molar-refractivity contribution < 1.29 is 9.90 Å². The van der Waals surface area contributed by atoms with Gasteiger partial charge in [0.15, 0.2) is 4.73 Å². The SMILES string of the molecule is Nc1cc(CC(=O)O)nc(Br)n1. The number of hydrogen-bond acceptors (Lipinski definition) is 4. The molecule has 12 heavy (non-hydrogen) atoms. The van der Waals surface area contributed by atoms with Crippen LogP contribution in [-0.2, 0) is 11.2 Å². The van der Waals surface area contributed by atoms with E-state index in [2.05, 4.69) is 25.9 Å². The second-order valence-electron chi connectivity index (χ2n) is 2.12. The van der Waals surface area contributed by atoms with Crippen molar-refractivity contribution in [2.75, 3.05) is 5.73 Å². The van der Waals surface area contributed by atoms with Crippen molar-refractivity contribution >= 4 is 27.7 Å². The second-order valence-corrected chi connectivity index (χ2v) is 2.83. The molecule has 6 heteroatoms. The van der Waals surface area contributed by atoms with Gasteiger partial charge in [0.05, 0.1) is 12.1 Å². The summed E-state index contributed by atoms with van der Waals surface area (Å²) in [6, 6.07) is 1.43. The molecule has 1 aromatic rings. The molecule has 0 aliphatic rings. The first kappa shape index (κ1) is 8.92. The number of carbonyl (C=O) groups is 1. The molecule has 1 aromatic heterocycles. The predicted molar refractivity (Wildman–Crippen MR) is 45.5 cm³/mol. The van der Waals surface area contributed by atoms with E-state index in [0.717, 1.165) is 0 Å². The monoisotopic (exact) mass is 231 g/mol. The van der Waals surface area contributed by atoms with Crippen LogP contribution in [0.3, 0.4) is 0 Å². The first-order valence-corrected chi connectivity index (χ1v) is 3.88. The lowest BCUT2D eigenvalue weighted by atomic mass is 10.3. The number of nitrogens with zero attached hydrogens (tertiary/aromatic N) is 2. The van der Waals surface area contributed by atoms with E-state index < -0.39 is 5.97 Å². The maximum atomic E-state index is 10.3. The highest BCUT2D eigenvalue weighted by atomic mass is 79.9. The van der Waals surface area contributed by atoms with Crippen molar-refractivity contribution in [1.82, 2.24) is 9.97 Å². The van der Waals surface area contributed by atoms with Gasteiger partial charge in [-0.05, 0) is 15.9 Å². The van der Waals surface area contributed by atoms with E-state index in [9.17, 15) is 4.79 Å². The maximum absolute atomic E-state index is 10.3. The normalized spacial score (nSPS) is 9.75. The number of carboxylic acid groups (broad SMARTS) is 1. The van der Waals surface area contributed by atoms with Crippen LogP contribution in [-0.4, -0.2) is 21.0 Å². The van der Waals surface area contributed by atoms with Crippen LogP contribution < -0.4 is 5.73 Å². The molecular weight excluding hydrogens is 226 g/mol. The predicted octanol–water partition coefficient (Wildman–Crippen LogP) is 0.448. The number of anilines is 1. The average Bonchev–Trinajstić information content (AvgIpc) is 1.81. The Morgan fingerprint density at radius 3 is 2.83 bits per heavy atom. The minimum Gasteiger partial charge on any atom is -0.481 e. The molecule has 0 atom stereocenters. The van der Waals surface area contributed by atoms with E-state index in [1.165, 1.54) is 6.07 Å². The molecule has 1 heterocycles. The second kappa shape index (κ2) is 3.48. The fourth-order valence-corrected chi connectivity index (χ4v) is 1.16. The maximum Gasteiger partial charge on any atom is 0.309 e. The van der Waals surface area contributed by atoms with Gasteiger partial charge in [-0.2, -0.15) is 0 Å². The molecule has 0 saturated carbocycles. The Hall–Kier alpha value is -1.17. The molecule has 0 bridgehead atoms. The van der Waals surface area contributed by atoms with Crippen molar-refractivity contribution in [1.29, 1.82) is 0 Å². The van der Waals surface area contributed by atoms with Crippen LogP contribution in [0.15, 0.2) is 10.8 Å². The van der Waals surface area contributed by atoms with E-state index >= 15 is 0 Å². The van der Waals surface area contributed by atoms with E-state index in [-0.39, 0.29) is 12.2 Å². The zero-order valence-electron chi connectivity index (χ0n) is 5.99. The topological polar surface area (TPSA) is 89.1 Å².